The third-order valence-electron chi connectivity index (χ3n) is 4.80. The van der Waals surface area contributed by atoms with Crippen LogP contribution in [0.1, 0.15) is 46.6 Å². The van der Waals surface area contributed by atoms with E-state index in [0.717, 1.165) is 35.3 Å². The van der Waals surface area contributed by atoms with Crippen molar-refractivity contribution < 1.29 is 14.3 Å². The van der Waals surface area contributed by atoms with Crippen LogP contribution in [0.15, 0.2) is 18.2 Å². The molecule has 1 aromatic carbocycles. The number of hydrogen-bond donors (Lipinski definition) is 2. The molecule has 3 N–H and O–H groups in total. The van der Waals surface area contributed by atoms with Gasteiger partial charge in [-0.25, -0.2) is 0 Å². The van der Waals surface area contributed by atoms with Crippen molar-refractivity contribution in [2.45, 2.75) is 46.1 Å². The summed E-state index contributed by atoms with van der Waals surface area (Å²) < 4.78 is 5.77. The van der Waals surface area contributed by atoms with E-state index in [0.29, 0.717) is 27.3 Å². The standard InChI is InChI=1S/C20H23ClN2O3S/c1-10-4-6-14-16(8-10)27-20(17(14)18(22)24)23-19(25)12(3)26-15-7-5-13(21)9-11(15)2/h5,7,9-10,12H,4,6,8H2,1-3H3,(H2,22,24)(H,23,25)/t10-,12+/m1/s1. The van der Waals surface area contributed by atoms with Crippen molar-refractivity contribution in [2.75, 3.05) is 5.32 Å². The van der Waals surface area contributed by atoms with E-state index in [9.17, 15) is 9.59 Å². The first-order valence-electron chi connectivity index (χ1n) is 8.94. The molecule has 0 aliphatic heterocycles. The molecule has 0 fully saturated rings. The van der Waals surface area contributed by atoms with Gasteiger partial charge in [0, 0.05) is 9.90 Å². The van der Waals surface area contributed by atoms with Crippen molar-refractivity contribution in [2.24, 2.45) is 11.7 Å². The van der Waals surface area contributed by atoms with E-state index in [-0.39, 0.29) is 5.91 Å². The smallest absolute Gasteiger partial charge is 0.265 e. The van der Waals surface area contributed by atoms with Crippen LogP contribution in [0.25, 0.3) is 0 Å². The Morgan fingerprint density at radius 3 is 2.81 bits per heavy atom. The van der Waals surface area contributed by atoms with Crippen LogP contribution in [0.4, 0.5) is 5.00 Å². The predicted molar refractivity (Wildman–Crippen MR) is 109 cm³/mol. The maximum Gasteiger partial charge on any atom is 0.265 e. The van der Waals surface area contributed by atoms with Gasteiger partial charge in [0.05, 0.1) is 5.56 Å². The second-order valence-electron chi connectivity index (χ2n) is 7.08. The second kappa shape index (κ2) is 7.90. The van der Waals surface area contributed by atoms with Crippen LogP contribution in [0.2, 0.25) is 5.02 Å². The number of benzene rings is 1. The SMILES string of the molecule is Cc1cc(Cl)ccc1O[C@@H](C)C(=O)Nc1sc2c(c1C(N)=O)CC[C@@H](C)C2. The minimum absolute atomic E-state index is 0.321. The number of thiophene rings is 1. The maximum atomic E-state index is 12.6. The molecule has 27 heavy (non-hydrogen) atoms. The number of rotatable bonds is 5. The second-order valence-corrected chi connectivity index (χ2v) is 8.62. The van der Waals surface area contributed by atoms with Crippen molar-refractivity contribution in [1.82, 2.24) is 0 Å². The zero-order valence-electron chi connectivity index (χ0n) is 15.6. The average Bonchev–Trinajstić information content (AvgIpc) is 2.94. The number of primary amides is 1. The number of nitrogens with two attached hydrogens (primary N) is 1. The lowest BCUT2D eigenvalue weighted by Crippen LogP contribution is -2.31. The number of aryl methyl sites for hydroxylation is 1. The van der Waals surface area contributed by atoms with Crippen LogP contribution in [-0.4, -0.2) is 17.9 Å². The van der Waals surface area contributed by atoms with E-state index in [2.05, 4.69) is 12.2 Å². The van der Waals surface area contributed by atoms with Crippen LogP contribution >= 0.6 is 22.9 Å². The molecule has 0 bridgehead atoms. The molecule has 0 spiro atoms. The Kier molecular flexibility index (Phi) is 5.77. The van der Waals surface area contributed by atoms with Gasteiger partial charge in [0.25, 0.3) is 11.8 Å². The Labute approximate surface area is 167 Å². The summed E-state index contributed by atoms with van der Waals surface area (Å²) in [6.45, 7) is 5.73. The summed E-state index contributed by atoms with van der Waals surface area (Å²) in [6.07, 6.45) is 2.01. The van der Waals surface area contributed by atoms with Gasteiger partial charge in [0.1, 0.15) is 10.8 Å². The number of carbonyl (C=O) groups is 2. The minimum atomic E-state index is -0.733. The summed E-state index contributed by atoms with van der Waals surface area (Å²) >= 11 is 7.40. The van der Waals surface area contributed by atoms with E-state index >= 15 is 0 Å². The van der Waals surface area contributed by atoms with E-state index in [1.807, 2.05) is 6.92 Å². The largest absolute Gasteiger partial charge is 0.481 e. The van der Waals surface area contributed by atoms with Crippen molar-refractivity contribution in [3.63, 3.8) is 0 Å². The van der Waals surface area contributed by atoms with Crippen molar-refractivity contribution >= 4 is 39.8 Å². The third-order valence-corrected chi connectivity index (χ3v) is 6.21. The number of halogens is 1. The summed E-state index contributed by atoms with van der Waals surface area (Å²) in [5.74, 6) is 0.338. The Morgan fingerprint density at radius 1 is 1.41 bits per heavy atom. The van der Waals surface area contributed by atoms with E-state index in [1.165, 1.54) is 11.3 Å². The van der Waals surface area contributed by atoms with E-state index in [4.69, 9.17) is 22.1 Å². The van der Waals surface area contributed by atoms with Gasteiger partial charge in [0.2, 0.25) is 0 Å². The number of anilines is 1. The Balaban J connectivity index is 1.78. The average molecular weight is 407 g/mol. The Morgan fingerprint density at radius 2 is 2.15 bits per heavy atom. The summed E-state index contributed by atoms with van der Waals surface area (Å²) in [5.41, 5.74) is 7.89. The lowest BCUT2D eigenvalue weighted by atomic mass is 9.88. The maximum absolute atomic E-state index is 12.6. The van der Waals surface area contributed by atoms with Crippen molar-refractivity contribution in [3.05, 3.63) is 44.8 Å². The van der Waals surface area contributed by atoms with Crippen LogP contribution < -0.4 is 15.8 Å². The molecule has 0 saturated carbocycles. The molecule has 1 heterocycles. The fourth-order valence-electron chi connectivity index (χ4n) is 3.30. The third kappa shape index (κ3) is 4.28. The van der Waals surface area contributed by atoms with Gasteiger partial charge in [-0.1, -0.05) is 18.5 Å². The zero-order valence-corrected chi connectivity index (χ0v) is 17.2. The van der Waals surface area contributed by atoms with Gasteiger partial charge in [-0.2, -0.15) is 0 Å². The Hall–Kier alpha value is -2.05. The molecule has 0 unspecified atom stereocenters. The molecule has 5 nitrogen and oxygen atoms in total. The molecular weight excluding hydrogens is 384 g/mol. The molecule has 2 amide bonds. The number of carbonyl (C=O) groups excluding carboxylic acids is 2. The van der Waals surface area contributed by atoms with Crippen LogP contribution in [0.5, 0.6) is 5.75 Å². The molecule has 7 heteroatoms. The van der Waals surface area contributed by atoms with Gasteiger partial charge < -0.3 is 15.8 Å². The van der Waals surface area contributed by atoms with Gasteiger partial charge in [-0.05, 0) is 68.4 Å². The first kappa shape index (κ1) is 19.7. The molecule has 1 aliphatic rings. The number of ether oxygens (including phenoxy) is 1. The number of nitrogens with one attached hydrogen (secondary N) is 1. The van der Waals surface area contributed by atoms with E-state index in [1.54, 1.807) is 25.1 Å². The molecule has 144 valence electrons. The fourth-order valence-corrected chi connectivity index (χ4v) is 4.95. The fraction of sp³-hybridized carbons (Fsp3) is 0.400. The lowest BCUT2D eigenvalue weighted by Gasteiger charge is -2.18. The number of fused-ring (bicyclic) bond motifs is 1. The van der Waals surface area contributed by atoms with Crippen molar-refractivity contribution in [1.29, 1.82) is 0 Å². The molecular formula is C20H23ClN2O3S. The van der Waals surface area contributed by atoms with Gasteiger partial charge in [0.15, 0.2) is 6.10 Å². The molecule has 2 aromatic rings. The molecule has 0 saturated heterocycles. The van der Waals surface area contributed by atoms with Crippen molar-refractivity contribution in [3.8, 4) is 5.75 Å². The molecule has 2 atom stereocenters. The molecule has 3 rings (SSSR count). The minimum Gasteiger partial charge on any atom is -0.481 e. The van der Waals surface area contributed by atoms with Gasteiger partial charge >= 0.3 is 0 Å². The number of hydrogen-bond acceptors (Lipinski definition) is 4. The summed E-state index contributed by atoms with van der Waals surface area (Å²) in [4.78, 5) is 25.8. The zero-order chi connectivity index (χ0) is 19.7. The lowest BCUT2D eigenvalue weighted by molar-refractivity contribution is -0.122. The highest BCUT2D eigenvalue weighted by Crippen LogP contribution is 2.39. The monoisotopic (exact) mass is 406 g/mol. The van der Waals surface area contributed by atoms with Gasteiger partial charge in [-0.15, -0.1) is 11.3 Å². The summed E-state index contributed by atoms with van der Waals surface area (Å²) in [7, 11) is 0. The Bertz CT molecular complexity index is 894. The van der Waals surface area contributed by atoms with Crippen LogP contribution in [0.3, 0.4) is 0 Å². The predicted octanol–water partition coefficient (Wildman–Crippen LogP) is 4.34. The topological polar surface area (TPSA) is 81.4 Å². The highest BCUT2D eigenvalue weighted by atomic mass is 35.5. The molecule has 0 radical (unpaired) electrons. The van der Waals surface area contributed by atoms with Crippen LogP contribution in [0, 0.1) is 12.8 Å². The molecule has 1 aromatic heterocycles. The van der Waals surface area contributed by atoms with Gasteiger partial charge in [-0.3, -0.25) is 9.59 Å². The summed E-state index contributed by atoms with van der Waals surface area (Å²) in [6, 6.07) is 5.23. The van der Waals surface area contributed by atoms with E-state index < -0.39 is 12.0 Å². The first-order chi connectivity index (χ1) is 12.8. The quantitative estimate of drug-likeness (QED) is 0.774. The number of amides is 2. The normalized spacial score (nSPS) is 17.1. The summed E-state index contributed by atoms with van der Waals surface area (Å²) in [5, 5.41) is 3.98. The highest BCUT2D eigenvalue weighted by Gasteiger charge is 2.28. The highest BCUT2D eigenvalue weighted by molar-refractivity contribution is 7.17. The van der Waals surface area contributed by atoms with Crippen LogP contribution in [-0.2, 0) is 17.6 Å². The molecule has 1 aliphatic carbocycles. The first-order valence-corrected chi connectivity index (χ1v) is 10.1.